The number of halogens is 6. The van der Waals surface area contributed by atoms with E-state index >= 15 is 0 Å². The number of hydrogen-bond donors (Lipinski definition) is 3. The van der Waals surface area contributed by atoms with Gasteiger partial charge in [-0.25, -0.2) is 22.9 Å². The number of rotatable bonds is 11. The maximum absolute atomic E-state index is 14.3. The van der Waals surface area contributed by atoms with Crippen molar-refractivity contribution in [3.8, 4) is 5.88 Å². The number of carbonyl (C=O) groups excluding carboxylic acids is 3. The largest absolute Gasteiger partial charge is 0.480 e. The lowest BCUT2D eigenvalue weighted by molar-refractivity contribution is -0.140. The van der Waals surface area contributed by atoms with Gasteiger partial charge < -0.3 is 30.3 Å². The predicted octanol–water partition coefficient (Wildman–Crippen LogP) is 7.80. The van der Waals surface area contributed by atoms with Gasteiger partial charge in [-0.2, -0.15) is 13.2 Å². The summed E-state index contributed by atoms with van der Waals surface area (Å²) in [7, 11) is 1.35. The van der Waals surface area contributed by atoms with Crippen molar-refractivity contribution in [2.45, 2.75) is 107 Å². The van der Waals surface area contributed by atoms with Crippen LogP contribution in [-0.2, 0) is 20.5 Å². The molecular weight excluding hydrogens is 784 g/mol. The van der Waals surface area contributed by atoms with Gasteiger partial charge in [0.1, 0.15) is 23.6 Å². The van der Waals surface area contributed by atoms with Crippen molar-refractivity contribution in [3.05, 3.63) is 64.6 Å². The van der Waals surface area contributed by atoms with E-state index in [4.69, 9.17) is 14.3 Å². The van der Waals surface area contributed by atoms with E-state index in [1.807, 2.05) is 0 Å². The Kier molecular flexibility index (Phi) is 10.1. The fourth-order valence-corrected chi connectivity index (χ4v) is 10.4. The number of methoxy groups -OCH3 is 1. The van der Waals surface area contributed by atoms with Crippen molar-refractivity contribution in [1.29, 1.82) is 0 Å². The van der Waals surface area contributed by atoms with Crippen LogP contribution in [0.4, 0.5) is 36.8 Å². The number of alkyl halides is 5. The quantitative estimate of drug-likeness (QED) is 0.155. The third kappa shape index (κ3) is 7.73. The Morgan fingerprint density at radius 3 is 2.41 bits per heavy atom. The topological polar surface area (TPSA) is 140 Å². The van der Waals surface area contributed by atoms with Crippen LogP contribution in [0.15, 0.2) is 47.3 Å². The molecule has 1 aliphatic heterocycles. The zero-order valence-electron chi connectivity index (χ0n) is 32.2. The average Bonchev–Trinajstić information content (AvgIpc) is 3.47. The minimum absolute atomic E-state index is 0.00565. The number of aromatic nitrogens is 1. The molecule has 17 heteroatoms. The number of fused-ring (bicyclic) bond motifs is 3. The lowest BCUT2D eigenvalue weighted by atomic mass is 9.79. The number of benzene rings is 1. The summed E-state index contributed by atoms with van der Waals surface area (Å²) in [5.74, 6) is -7.71. The van der Waals surface area contributed by atoms with Crippen molar-refractivity contribution >= 4 is 29.3 Å². The number of anilines is 1. The van der Waals surface area contributed by atoms with Gasteiger partial charge in [0, 0.05) is 60.1 Å². The summed E-state index contributed by atoms with van der Waals surface area (Å²) in [6.45, 7) is 0. The van der Waals surface area contributed by atoms with Crippen LogP contribution in [0.2, 0.25) is 0 Å². The summed E-state index contributed by atoms with van der Waals surface area (Å²) >= 11 is 0. The molecule has 2 heterocycles. The predicted molar refractivity (Wildman–Crippen MR) is 199 cm³/mol. The van der Waals surface area contributed by atoms with Crippen LogP contribution < -0.4 is 20.7 Å². The highest BCUT2D eigenvalue weighted by Crippen LogP contribution is 2.55. The average molecular weight is 830 g/mol. The molecule has 3 amide bonds. The number of hydrogen-bond acceptors (Lipinski definition) is 8. The van der Waals surface area contributed by atoms with Gasteiger partial charge in [0.2, 0.25) is 17.7 Å². The number of alkyl carbamates (subject to hydrolysis) is 1. The van der Waals surface area contributed by atoms with Gasteiger partial charge in [-0.05, 0) is 99.8 Å². The standard InChI is InChI=1S/C42H45F6N5O6/c1-57-39-29(13-22(18-49-39)34-28-12-21(14-32(28)59-53-34)36(20-5-6-20)58-40(56)51-23-3-2-4-23)37(54)52-35-26-9-8-25(27(26)11-19-16-41(44,45)17-19)33(35)38(55)50-24-7-10-31(43)30(15-24)42(46,47)48/h7,10-11,13,15,18-21,23,25-26,28,32-33,35-36H,2-6,8-9,12,14,16-17H2,1H3,(H,50,55)(H,51,56)(H,52,54)/b27-11-/t21?,25?,26?,28?,32?,33-,35+,36?/m0/s1. The van der Waals surface area contributed by atoms with Gasteiger partial charge in [0.05, 0.1) is 24.3 Å². The van der Waals surface area contributed by atoms with Gasteiger partial charge in [-0.3, -0.25) is 9.59 Å². The van der Waals surface area contributed by atoms with Crippen LogP contribution in [0.1, 0.15) is 92.1 Å². The lowest BCUT2D eigenvalue weighted by Gasteiger charge is -2.33. The molecule has 0 saturated heterocycles. The molecule has 1 aromatic heterocycles. The molecule has 11 nitrogen and oxygen atoms in total. The second-order valence-electron chi connectivity index (χ2n) is 17.4. The molecule has 0 radical (unpaired) electrons. The van der Waals surface area contributed by atoms with Gasteiger partial charge in [-0.15, -0.1) is 0 Å². The van der Waals surface area contributed by atoms with Crippen molar-refractivity contribution in [3.63, 3.8) is 0 Å². The monoisotopic (exact) mass is 829 g/mol. The van der Waals surface area contributed by atoms with E-state index in [0.717, 1.165) is 43.7 Å². The molecule has 59 heavy (non-hydrogen) atoms. The first-order chi connectivity index (χ1) is 28.2. The molecule has 3 N–H and O–H groups in total. The highest BCUT2D eigenvalue weighted by atomic mass is 19.4. The fourth-order valence-electron chi connectivity index (χ4n) is 10.4. The Morgan fingerprint density at radius 1 is 0.966 bits per heavy atom. The molecule has 7 aliphatic rings. The molecule has 6 unspecified atom stereocenters. The molecule has 6 saturated carbocycles. The van der Waals surface area contributed by atoms with E-state index in [2.05, 4.69) is 26.1 Å². The van der Waals surface area contributed by atoms with E-state index in [0.29, 0.717) is 55.0 Å². The third-order valence-corrected chi connectivity index (χ3v) is 13.6. The van der Waals surface area contributed by atoms with Crippen LogP contribution in [0.3, 0.4) is 0 Å². The van der Waals surface area contributed by atoms with E-state index in [9.17, 15) is 40.7 Å². The highest BCUT2D eigenvalue weighted by Gasteiger charge is 2.56. The van der Waals surface area contributed by atoms with Crippen LogP contribution in [0.5, 0.6) is 5.88 Å². The molecule has 2 bridgehead atoms. The Morgan fingerprint density at radius 2 is 1.73 bits per heavy atom. The number of carbonyl (C=O) groups is 3. The Labute approximate surface area is 336 Å². The van der Waals surface area contributed by atoms with Crippen LogP contribution in [-0.4, -0.2) is 65.9 Å². The minimum Gasteiger partial charge on any atom is -0.480 e. The number of allylic oxidation sites excluding steroid dienone is 1. The van der Waals surface area contributed by atoms with Crippen LogP contribution >= 0.6 is 0 Å². The first kappa shape index (κ1) is 39.6. The second-order valence-corrected chi connectivity index (χ2v) is 17.4. The molecule has 2 aromatic rings. The molecule has 0 spiro atoms. The van der Waals surface area contributed by atoms with Crippen molar-refractivity contribution < 1.29 is 55.0 Å². The van der Waals surface area contributed by atoms with E-state index in [-0.39, 0.29) is 66.2 Å². The summed E-state index contributed by atoms with van der Waals surface area (Å²) in [5.41, 5.74) is 0.0838. The summed E-state index contributed by atoms with van der Waals surface area (Å²) in [4.78, 5) is 51.4. The SMILES string of the molecule is COc1ncc(C2=NOC3CC(C(OC(=O)NC4CCC4)C4CC4)CC23)cc1C(=O)N[C@@H]1C2CCC(/C2=C/C2CC(F)(F)C2)[C@@H]1C(=O)Nc1ccc(F)c(C(F)(F)F)c1. The Bertz CT molecular complexity index is 2080. The minimum atomic E-state index is -5.01. The number of nitrogens with zero attached hydrogens (tertiary/aromatic N) is 2. The van der Waals surface area contributed by atoms with Gasteiger partial charge >= 0.3 is 12.3 Å². The van der Waals surface area contributed by atoms with Crippen LogP contribution in [0, 0.1) is 47.2 Å². The molecular formula is C42H45F6N5O6. The molecule has 6 aliphatic carbocycles. The number of pyridine rings is 1. The van der Waals surface area contributed by atoms with Crippen molar-refractivity contribution in [2.24, 2.45) is 46.6 Å². The van der Waals surface area contributed by atoms with Crippen molar-refractivity contribution in [1.82, 2.24) is 15.6 Å². The Balaban J connectivity index is 0.944. The van der Waals surface area contributed by atoms with E-state index in [1.54, 1.807) is 12.1 Å². The molecule has 316 valence electrons. The summed E-state index contributed by atoms with van der Waals surface area (Å²) in [6, 6.07) is 3.05. The zero-order valence-corrected chi connectivity index (χ0v) is 32.2. The molecule has 9 rings (SSSR count). The third-order valence-electron chi connectivity index (χ3n) is 13.6. The fraction of sp³-hybridized carbons (Fsp3) is 0.595. The normalized spacial score (nSPS) is 30.7. The smallest absolute Gasteiger partial charge is 0.419 e. The summed E-state index contributed by atoms with van der Waals surface area (Å²) < 4.78 is 93.9. The van der Waals surface area contributed by atoms with Crippen molar-refractivity contribution in [2.75, 3.05) is 12.4 Å². The molecule has 1 aromatic carbocycles. The molecule has 8 atom stereocenters. The van der Waals surface area contributed by atoms with E-state index in [1.165, 1.54) is 13.3 Å². The number of amides is 3. The second kappa shape index (κ2) is 15.0. The number of oxime groups is 1. The lowest BCUT2D eigenvalue weighted by Crippen LogP contribution is -2.48. The molecule has 6 fully saturated rings. The highest BCUT2D eigenvalue weighted by molar-refractivity contribution is 6.06. The number of nitrogens with one attached hydrogen (secondary N) is 3. The van der Waals surface area contributed by atoms with Gasteiger partial charge in [0.25, 0.3) is 5.91 Å². The Hall–Kier alpha value is -4.83. The number of ether oxygens (including phenoxy) is 2. The first-order valence-electron chi connectivity index (χ1n) is 20.5. The van der Waals surface area contributed by atoms with Crippen LogP contribution in [0.25, 0.3) is 0 Å². The van der Waals surface area contributed by atoms with Gasteiger partial charge in [0.15, 0.2) is 0 Å². The maximum Gasteiger partial charge on any atom is 0.419 e. The van der Waals surface area contributed by atoms with Gasteiger partial charge in [-0.1, -0.05) is 16.8 Å². The van der Waals surface area contributed by atoms with E-state index < -0.39 is 65.0 Å². The summed E-state index contributed by atoms with van der Waals surface area (Å²) in [6.07, 6.45) is 4.05. The summed E-state index contributed by atoms with van der Waals surface area (Å²) in [5, 5.41) is 12.9. The maximum atomic E-state index is 14.3. The zero-order chi connectivity index (χ0) is 41.4. The first-order valence-corrected chi connectivity index (χ1v) is 20.5.